The Morgan fingerprint density at radius 2 is 2.12 bits per heavy atom. The second-order valence-corrected chi connectivity index (χ2v) is 5.07. The Balaban J connectivity index is 2.22. The number of hydrogen-bond donors (Lipinski definition) is 1. The highest BCUT2D eigenvalue weighted by molar-refractivity contribution is 7.98. The van der Waals surface area contributed by atoms with E-state index in [2.05, 4.69) is 5.32 Å². The molecule has 0 bridgehead atoms. The van der Waals surface area contributed by atoms with E-state index in [0.717, 1.165) is 18.1 Å². The molecule has 0 aliphatic carbocycles. The number of hydrogen-bond acceptors (Lipinski definition) is 4. The lowest BCUT2D eigenvalue weighted by atomic mass is 10.4. The van der Waals surface area contributed by atoms with Gasteiger partial charge in [-0.05, 0) is 18.4 Å². The van der Waals surface area contributed by atoms with Crippen LogP contribution in [0.3, 0.4) is 0 Å². The van der Waals surface area contributed by atoms with E-state index >= 15 is 0 Å². The number of thioether (sulfide) groups is 2. The molecule has 6 heteroatoms. The summed E-state index contributed by atoms with van der Waals surface area (Å²) in [5.41, 5.74) is 0. The molecule has 0 saturated carbocycles. The van der Waals surface area contributed by atoms with Crippen LogP contribution >= 0.6 is 23.5 Å². The fourth-order valence-corrected chi connectivity index (χ4v) is 1.92. The summed E-state index contributed by atoms with van der Waals surface area (Å²) < 4.78 is 29.2. The van der Waals surface area contributed by atoms with Crippen LogP contribution in [-0.4, -0.2) is 24.3 Å². The lowest BCUT2D eigenvalue weighted by Crippen LogP contribution is -2.15. The Kier molecular flexibility index (Phi) is 6.91. The number of nitrogens with one attached hydrogen (secondary N) is 1. The van der Waals surface area contributed by atoms with Crippen molar-refractivity contribution < 1.29 is 13.2 Å². The van der Waals surface area contributed by atoms with Crippen molar-refractivity contribution in [2.75, 3.05) is 18.6 Å². The zero-order valence-corrected chi connectivity index (χ0v) is 10.7. The van der Waals surface area contributed by atoms with E-state index in [0.29, 0.717) is 24.1 Å². The van der Waals surface area contributed by atoms with Crippen molar-refractivity contribution in [3.05, 3.63) is 23.7 Å². The summed E-state index contributed by atoms with van der Waals surface area (Å²) in [5.74, 6) is 0.336. The normalized spacial score (nSPS) is 11.2. The summed E-state index contributed by atoms with van der Waals surface area (Å²) in [7, 11) is 0. The zero-order valence-electron chi connectivity index (χ0n) is 9.04. The summed E-state index contributed by atoms with van der Waals surface area (Å²) in [6.45, 7) is 1.57. The van der Waals surface area contributed by atoms with Crippen LogP contribution in [0.5, 0.6) is 0 Å². The van der Waals surface area contributed by atoms with E-state index in [1.165, 1.54) is 0 Å². The van der Waals surface area contributed by atoms with Gasteiger partial charge >= 0.3 is 0 Å². The van der Waals surface area contributed by atoms with Crippen LogP contribution in [0.1, 0.15) is 11.5 Å². The quantitative estimate of drug-likeness (QED) is 0.731. The molecule has 0 aliphatic rings. The fraction of sp³-hybridized carbons (Fsp3) is 0.600. The summed E-state index contributed by atoms with van der Waals surface area (Å²) in [6, 6.07) is 3.58. The van der Waals surface area contributed by atoms with Crippen molar-refractivity contribution in [2.24, 2.45) is 0 Å². The molecular formula is C10H15F2NOS2. The molecular weight excluding hydrogens is 252 g/mol. The first-order valence-electron chi connectivity index (χ1n) is 4.89. The monoisotopic (exact) mass is 267 g/mol. The Labute approximate surface area is 103 Å². The third-order valence-electron chi connectivity index (χ3n) is 1.85. The van der Waals surface area contributed by atoms with Crippen LogP contribution in [0.4, 0.5) is 8.78 Å². The maximum absolute atomic E-state index is 11.9. The van der Waals surface area contributed by atoms with Crippen LogP contribution in [0.25, 0.3) is 0 Å². The molecule has 0 spiro atoms. The highest BCUT2D eigenvalue weighted by atomic mass is 32.2. The minimum atomic E-state index is -2.34. The average Bonchev–Trinajstić information content (AvgIpc) is 2.70. The van der Waals surface area contributed by atoms with E-state index in [-0.39, 0.29) is 5.75 Å². The molecule has 0 unspecified atom stereocenters. The van der Waals surface area contributed by atoms with Gasteiger partial charge in [-0.3, -0.25) is 0 Å². The SMILES string of the molecule is CSCCNCc1ccc(CSC(F)F)o1. The predicted molar refractivity (Wildman–Crippen MR) is 66.1 cm³/mol. The number of rotatable bonds is 8. The van der Waals surface area contributed by atoms with Gasteiger partial charge in [0.15, 0.2) is 0 Å². The van der Waals surface area contributed by atoms with Crippen LogP contribution < -0.4 is 5.32 Å². The number of halogens is 2. The van der Waals surface area contributed by atoms with E-state index in [1.54, 1.807) is 17.8 Å². The zero-order chi connectivity index (χ0) is 11.8. The lowest BCUT2D eigenvalue weighted by Gasteiger charge is -2.00. The second-order valence-electron chi connectivity index (χ2n) is 3.11. The topological polar surface area (TPSA) is 25.2 Å². The van der Waals surface area contributed by atoms with Crippen LogP contribution in [-0.2, 0) is 12.3 Å². The third-order valence-corrected chi connectivity index (χ3v) is 3.17. The van der Waals surface area contributed by atoms with Gasteiger partial charge in [-0.15, -0.1) is 0 Å². The molecule has 1 heterocycles. The van der Waals surface area contributed by atoms with Crippen LogP contribution in [0.15, 0.2) is 16.5 Å². The highest BCUT2D eigenvalue weighted by Gasteiger charge is 2.06. The van der Waals surface area contributed by atoms with Gasteiger partial charge in [-0.1, -0.05) is 11.8 Å². The van der Waals surface area contributed by atoms with Crippen molar-refractivity contribution in [1.82, 2.24) is 5.32 Å². The number of alkyl halides is 2. The second kappa shape index (κ2) is 7.97. The van der Waals surface area contributed by atoms with E-state index in [1.807, 2.05) is 12.3 Å². The van der Waals surface area contributed by atoms with Crippen molar-refractivity contribution in [3.63, 3.8) is 0 Å². The first kappa shape index (κ1) is 13.9. The largest absolute Gasteiger partial charge is 0.464 e. The van der Waals surface area contributed by atoms with Crippen molar-refractivity contribution >= 4 is 23.5 Å². The molecule has 0 radical (unpaired) electrons. The molecule has 16 heavy (non-hydrogen) atoms. The molecule has 0 aliphatic heterocycles. The first-order valence-corrected chi connectivity index (χ1v) is 7.33. The Morgan fingerprint density at radius 1 is 1.38 bits per heavy atom. The lowest BCUT2D eigenvalue weighted by molar-refractivity contribution is 0.251. The van der Waals surface area contributed by atoms with Crippen LogP contribution in [0.2, 0.25) is 0 Å². The third kappa shape index (κ3) is 5.77. The van der Waals surface area contributed by atoms with Crippen LogP contribution in [0, 0.1) is 0 Å². The maximum atomic E-state index is 11.9. The Morgan fingerprint density at radius 3 is 2.81 bits per heavy atom. The van der Waals surface area contributed by atoms with Gasteiger partial charge < -0.3 is 9.73 Å². The van der Waals surface area contributed by atoms with Gasteiger partial charge in [0.1, 0.15) is 11.5 Å². The van der Waals surface area contributed by atoms with Gasteiger partial charge in [0, 0.05) is 12.3 Å². The van der Waals surface area contributed by atoms with Gasteiger partial charge in [-0.2, -0.15) is 20.5 Å². The molecule has 1 aromatic rings. The standard InChI is InChI=1S/C10H15F2NOS2/c1-15-5-4-13-6-8-2-3-9(14-8)7-16-10(11)12/h2-3,10,13H,4-7H2,1H3. The van der Waals surface area contributed by atoms with Crippen molar-refractivity contribution in [1.29, 1.82) is 0 Å². The minimum absolute atomic E-state index is 0.225. The molecule has 1 aromatic heterocycles. The molecule has 0 fully saturated rings. The van der Waals surface area contributed by atoms with Crippen molar-refractivity contribution in [3.8, 4) is 0 Å². The number of furan rings is 1. The van der Waals surface area contributed by atoms with Gasteiger partial charge in [0.05, 0.1) is 12.3 Å². The van der Waals surface area contributed by atoms with Crippen molar-refractivity contribution in [2.45, 2.75) is 18.1 Å². The maximum Gasteiger partial charge on any atom is 0.284 e. The summed E-state index contributed by atoms with van der Waals surface area (Å²) in [4.78, 5) is 0. The molecule has 1 N–H and O–H groups in total. The molecule has 0 atom stereocenters. The average molecular weight is 267 g/mol. The first-order chi connectivity index (χ1) is 7.72. The van der Waals surface area contributed by atoms with E-state index in [9.17, 15) is 8.78 Å². The summed E-state index contributed by atoms with van der Waals surface area (Å²) in [6.07, 6.45) is 2.05. The molecule has 0 amide bonds. The molecule has 1 rings (SSSR count). The summed E-state index contributed by atoms with van der Waals surface area (Å²) in [5, 5.41) is 3.21. The minimum Gasteiger partial charge on any atom is -0.464 e. The predicted octanol–water partition coefficient (Wildman–Crippen LogP) is 3.19. The highest BCUT2D eigenvalue weighted by Crippen LogP contribution is 2.21. The van der Waals surface area contributed by atoms with E-state index < -0.39 is 5.76 Å². The van der Waals surface area contributed by atoms with Gasteiger partial charge in [0.2, 0.25) is 0 Å². The molecule has 0 saturated heterocycles. The Hall–Kier alpha value is -0.200. The van der Waals surface area contributed by atoms with E-state index in [4.69, 9.17) is 4.42 Å². The fourth-order valence-electron chi connectivity index (χ4n) is 1.13. The molecule has 0 aromatic carbocycles. The smallest absolute Gasteiger partial charge is 0.284 e. The van der Waals surface area contributed by atoms with Gasteiger partial charge in [0.25, 0.3) is 5.76 Å². The summed E-state index contributed by atoms with van der Waals surface area (Å²) >= 11 is 2.35. The van der Waals surface area contributed by atoms with Gasteiger partial charge in [-0.25, -0.2) is 0 Å². The Bertz CT molecular complexity index is 294. The molecule has 2 nitrogen and oxygen atoms in total. The molecule has 92 valence electrons.